The highest BCUT2D eigenvalue weighted by Crippen LogP contribution is 2.32. The topological polar surface area (TPSA) is 83.6 Å². The fraction of sp³-hybridized carbons (Fsp3) is 0.750. The first-order valence-corrected chi connectivity index (χ1v) is 6.27. The average molecular weight is 232 g/mol. The van der Waals surface area contributed by atoms with Crippen molar-refractivity contribution in [1.82, 2.24) is 9.62 Å². The molecule has 0 spiro atoms. The summed E-state index contributed by atoms with van der Waals surface area (Å²) in [5.74, 6) is -1.10. The Morgan fingerprint density at radius 3 is 2.47 bits per heavy atom. The summed E-state index contributed by atoms with van der Waals surface area (Å²) < 4.78 is 24.7. The Bertz CT molecular complexity index is 412. The van der Waals surface area contributed by atoms with E-state index in [0.717, 1.165) is 4.31 Å². The number of nitrogens with one attached hydrogen (secondary N) is 1. The van der Waals surface area contributed by atoms with E-state index in [-0.39, 0.29) is 6.54 Å². The molecule has 1 saturated carbocycles. The normalized spacial score (nSPS) is 29.0. The quantitative estimate of drug-likeness (QED) is 0.608. The van der Waals surface area contributed by atoms with E-state index in [9.17, 15) is 18.0 Å². The van der Waals surface area contributed by atoms with Crippen LogP contribution in [0, 0.1) is 0 Å². The van der Waals surface area contributed by atoms with Gasteiger partial charge in [0.1, 0.15) is 6.04 Å². The third-order valence-electron chi connectivity index (χ3n) is 2.65. The molecule has 1 unspecified atom stereocenters. The smallest absolute Gasteiger partial charge is 0.244 e. The summed E-state index contributed by atoms with van der Waals surface area (Å²) in [5.41, 5.74) is 0. The highest BCUT2D eigenvalue weighted by molar-refractivity contribution is 7.90. The fourth-order valence-electron chi connectivity index (χ4n) is 1.56. The minimum atomic E-state index is -3.45. The maximum atomic E-state index is 11.8. The first-order chi connectivity index (χ1) is 6.93. The Balaban J connectivity index is 2.27. The molecular weight excluding hydrogens is 220 g/mol. The van der Waals surface area contributed by atoms with E-state index in [1.807, 2.05) is 0 Å². The van der Waals surface area contributed by atoms with E-state index in [4.69, 9.17) is 0 Å². The molecule has 0 aromatic carbocycles. The zero-order valence-electron chi connectivity index (χ0n) is 8.26. The maximum Gasteiger partial charge on any atom is 0.244 e. The second kappa shape index (κ2) is 3.28. The zero-order chi connectivity index (χ0) is 11.2. The molecule has 1 heterocycles. The zero-order valence-corrected chi connectivity index (χ0v) is 9.08. The lowest BCUT2D eigenvalue weighted by molar-refractivity contribution is -0.136. The molecule has 2 aliphatic rings. The van der Waals surface area contributed by atoms with Crippen LogP contribution in [-0.4, -0.2) is 42.4 Å². The van der Waals surface area contributed by atoms with Crippen molar-refractivity contribution in [2.24, 2.45) is 0 Å². The van der Waals surface area contributed by atoms with E-state index in [1.165, 1.54) is 6.92 Å². The largest absolute Gasteiger partial charge is 0.294 e. The Morgan fingerprint density at radius 2 is 1.93 bits per heavy atom. The van der Waals surface area contributed by atoms with Crippen molar-refractivity contribution < 1.29 is 18.0 Å². The van der Waals surface area contributed by atoms with E-state index < -0.39 is 33.1 Å². The molecule has 0 radical (unpaired) electrons. The number of hydrogen-bond donors (Lipinski definition) is 1. The van der Waals surface area contributed by atoms with Crippen LogP contribution in [0.4, 0.5) is 0 Å². The van der Waals surface area contributed by atoms with Crippen LogP contribution in [0.1, 0.15) is 19.8 Å². The van der Waals surface area contributed by atoms with Gasteiger partial charge in [-0.1, -0.05) is 0 Å². The second-order valence-electron chi connectivity index (χ2n) is 3.88. The molecule has 1 aliphatic carbocycles. The van der Waals surface area contributed by atoms with Crippen LogP contribution in [-0.2, 0) is 19.6 Å². The molecule has 2 fully saturated rings. The van der Waals surface area contributed by atoms with E-state index >= 15 is 0 Å². The SMILES string of the molecule is CC1C(=O)NC(=O)CN1S(=O)(=O)C1CC1. The van der Waals surface area contributed by atoms with Gasteiger partial charge in [0, 0.05) is 0 Å². The minimum Gasteiger partial charge on any atom is -0.294 e. The fourth-order valence-corrected chi connectivity index (χ4v) is 3.51. The van der Waals surface area contributed by atoms with E-state index in [2.05, 4.69) is 5.32 Å². The molecule has 1 atom stereocenters. The molecule has 84 valence electrons. The van der Waals surface area contributed by atoms with Crippen molar-refractivity contribution in [3.05, 3.63) is 0 Å². The van der Waals surface area contributed by atoms with E-state index in [0.29, 0.717) is 12.8 Å². The Morgan fingerprint density at radius 1 is 1.33 bits per heavy atom. The first kappa shape index (κ1) is 10.6. The lowest BCUT2D eigenvalue weighted by atomic mass is 10.2. The van der Waals surface area contributed by atoms with Crippen LogP contribution in [0.3, 0.4) is 0 Å². The summed E-state index contributed by atoms with van der Waals surface area (Å²) in [6, 6.07) is -0.784. The van der Waals surface area contributed by atoms with Crippen molar-refractivity contribution in [1.29, 1.82) is 0 Å². The van der Waals surface area contributed by atoms with Gasteiger partial charge in [-0.2, -0.15) is 4.31 Å². The Labute approximate surface area is 87.7 Å². The molecular formula is C8H12N2O4S. The van der Waals surface area contributed by atoms with Gasteiger partial charge in [-0.25, -0.2) is 8.42 Å². The molecule has 0 aromatic heterocycles. The van der Waals surface area contributed by atoms with Crippen LogP contribution < -0.4 is 5.32 Å². The summed E-state index contributed by atoms with van der Waals surface area (Å²) in [7, 11) is -3.45. The molecule has 2 amide bonds. The van der Waals surface area contributed by atoms with Gasteiger partial charge in [-0.15, -0.1) is 0 Å². The number of rotatable bonds is 2. The lowest BCUT2D eigenvalue weighted by Gasteiger charge is -2.30. The number of carbonyl (C=O) groups is 2. The summed E-state index contributed by atoms with van der Waals surface area (Å²) in [4.78, 5) is 22.3. The molecule has 1 saturated heterocycles. The third-order valence-corrected chi connectivity index (χ3v) is 5.06. The minimum absolute atomic E-state index is 0.244. The van der Waals surface area contributed by atoms with Crippen molar-refractivity contribution in [2.45, 2.75) is 31.1 Å². The van der Waals surface area contributed by atoms with Crippen molar-refractivity contribution in [3.63, 3.8) is 0 Å². The molecule has 15 heavy (non-hydrogen) atoms. The summed E-state index contributed by atoms with van der Waals surface area (Å²) in [5, 5.41) is 1.72. The number of amides is 2. The van der Waals surface area contributed by atoms with Gasteiger partial charge in [-0.3, -0.25) is 14.9 Å². The van der Waals surface area contributed by atoms with Crippen molar-refractivity contribution in [3.8, 4) is 0 Å². The van der Waals surface area contributed by atoms with E-state index in [1.54, 1.807) is 0 Å². The average Bonchev–Trinajstić information content (AvgIpc) is 2.93. The number of hydrogen-bond acceptors (Lipinski definition) is 4. The highest BCUT2D eigenvalue weighted by Gasteiger charge is 2.46. The highest BCUT2D eigenvalue weighted by atomic mass is 32.2. The number of carbonyl (C=O) groups excluding carboxylic acids is 2. The van der Waals surface area contributed by atoms with Gasteiger partial charge >= 0.3 is 0 Å². The van der Waals surface area contributed by atoms with Gasteiger partial charge in [0.15, 0.2) is 0 Å². The predicted molar refractivity (Wildman–Crippen MR) is 51.3 cm³/mol. The monoisotopic (exact) mass is 232 g/mol. The summed E-state index contributed by atoms with van der Waals surface area (Å²) in [6.07, 6.45) is 1.25. The second-order valence-corrected chi connectivity index (χ2v) is 6.04. The summed E-state index contributed by atoms with van der Waals surface area (Å²) in [6.45, 7) is 1.24. The molecule has 0 bridgehead atoms. The van der Waals surface area contributed by atoms with Gasteiger partial charge in [-0.05, 0) is 19.8 Å². The summed E-state index contributed by atoms with van der Waals surface area (Å²) >= 11 is 0. The van der Waals surface area contributed by atoms with Crippen molar-refractivity contribution in [2.75, 3.05) is 6.54 Å². The van der Waals surface area contributed by atoms with Gasteiger partial charge < -0.3 is 0 Å². The predicted octanol–water partition coefficient (Wildman–Crippen LogP) is -1.17. The van der Waals surface area contributed by atoms with Crippen LogP contribution in [0.25, 0.3) is 0 Å². The Hall–Kier alpha value is -0.950. The lowest BCUT2D eigenvalue weighted by Crippen LogP contribution is -2.59. The van der Waals surface area contributed by atoms with Crippen LogP contribution in [0.15, 0.2) is 0 Å². The number of nitrogens with zero attached hydrogens (tertiary/aromatic N) is 1. The van der Waals surface area contributed by atoms with Crippen molar-refractivity contribution >= 4 is 21.8 Å². The molecule has 1 N–H and O–H groups in total. The molecule has 7 heteroatoms. The number of piperazine rings is 1. The number of sulfonamides is 1. The maximum absolute atomic E-state index is 11.8. The molecule has 1 aliphatic heterocycles. The standard InChI is InChI=1S/C8H12N2O4S/c1-5-8(12)9-7(11)4-10(5)15(13,14)6-2-3-6/h5-6H,2-4H2,1H3,(H,9,11,12). The molecule has 2 rings (SSSR count). The van der Waals surface area contributed by atoms with Crippen LogP contribution >= 0.6 is 0 Å². The van der Waals surface area contributed by atoms with Crippen LogP contribution in [0.2, 0.25) is 0 Å². The third kappa shape index (κ3) is 1.76. The Kier molecular flexibility index (Phi) is 2.31. The van der Waals surface area contributed by atoms with Gasteiger partial charge in [0.25, 0.3) is 0 Å². The van der Waals surface area contributed by atoms with Crippen LogP contribution in [0.5, 0.6) is 0 Å². The first-order valence-electron chi connectivity index (χ1n) is 4.77. The molecule has 0 aromatic rings. The van der Waals surface area contributed by atoms with Gasteiger partial charge in [0.2, 0.25) is 21.8 Å². The van der Waals surface area contributed by atoms with Gasteiger partial charge in [0.05, 0.1) is 11.8 Å². The number of imide groups is 1. The molecule has 6 nitrogen and oxygen atoms in total.